The first-order chi connectivity index (χ1) is 10.2. The number of anilines is 1. The van der Waals surface area contributed by atoms with Crippen LogP contribution in [0.3, 0.4) is 0 Å². The van der Waals surface area contributed by atoms with Crippen LogP contribution in [0.4, 0.5) is 5.82 Å². The quantitative estimate of drug-likeness (QED) is 0.926. The number of aryl methyl sites for hydroxylation is 1. The Morgan fingerprint density at radius 1 is 1.14 bits per heavy atom. The van der Waals surface area contributed by atoms with Gasteiger partial charge in [0.25, 0.3) is 0 Å². The lowest BCUT2D eigenvalue weighted by molar-refractivity contribution is 0.144. The molecule has 1 aromatic heterocycles. The standard InChI is InChI=1S/C18H29N3/c1-15-13-16(5-10-19)14-20-17(15)21-11-8-18(9-12-21)6-3-2-4-7-18/h13-14H,2-12,19H2,1H3. The summed E-state index contributed by atoms with van der Waals surface area (Å²) in [7, 11) is 0. The van der Waals surface area contributed by atoms with E-state index in [0.29, 0.717) is 12.0 Å². The lowest BCUT2D eigenvalue weighted by atomic mass is 9.68. The van der Waals surface area contributed by atoms with Gasteiger partial charge >= 0.3 is 0 Å². The van der Waals surface area contributed by atoms with E-state index in [1.165, 1.54) is 75.0 Å². The van der Waals surface area contributed by atoms with Crippen LogP contribution in [0.25, 0.3) is 0 Å². The number of piperidine rings is 1. The van der Waals surface area contributed by atoms with Crippen molar-refractivity contribution < 1.29 is 0 Å². The lowest BCUT2D eigenvalue weighted by Gasteiger charge is -2.45. The van der Waals surface area contributed by atoms with Crippen molar-refractivity contribution in [2.24, 2.45) is 11.1 Å². The molecular formula is C18H29N3. The molecule has 2 heterocycles. The third-order valence-electron chi connectivity index (χ3n) is 5.58. The fourth-order valence-electron chi connectivity index (χ4n) is 4.25. The summed E-state index contributed by atoms with van der Waals surface area (Å²) in [6.07, 6.45) is 12.9. The van der Waals surface area contributed by atoms with Crippen molar-refractivity contribution in [3.63, 3.8) is 0 Å². The van der Waals surface area contributed by atoms with Crippen LogP contribution in [-0.4, -0.2) is 24.6 Å². The molecule has 1 aliphatic carbocycles. The molecule has 1 spiro atoms. The van der Waals surface area contributed by atoms with Crippen molar-refractivity contribution >= 4 is 5.82 Å². The summed E-state index contributed by atoms with van der Waals surface area (Å²) in [6, 6.07) is 2.26. The number of hydrogen-bond acceptors (Lipinski definition) is 3. The SMILES string of the molecule is Cc1cc(CCN)cnc1N1CCC2(CCCCC2)CC1. The van der Waals surface area contributed by atoms with E-state index < -0.39 is 0 Å². The van der Waals surface area contributed by atoms with Gasteiger partial charge in [-0.15, -0.1) is 0 Å². The zero-order chi connectivity index (χ0) is 14.7. The van der Waals surface area contributed by atoms with Gasteiger partial charge in [0.05, 0.1) is 0 Å². The van der Waals surface area contributed by atoms with E-state index in [-0.39, 0.29) is 0 Å². The first-order valence-electron chi connectivity index (χ1n) is 8.63. The maximum atomic E-state index is 5.63. The topological polar surface area (TPSA) is 42.1 Å². The molecule has 2 fully saturated rings. The van der Waals surface area contributed by atoms with E-state index in [2.05, 4.69) is 17.9 Å². The van der Waals surface area contributed by atoms with Gasteiger partial charge < -0.3 is 10.6 Å². The van der Waals surface area contributed by atoms with Crippen LogP contribution < -0.4 is 10.6 Å². The van der Waals surface area contributed by atoms with Crippen molar-refractivity contribution in [2.75, 3.05) is 24.5 Å². The molecule has 1 saturated heterocycles. The fraction of sp³-hybridized carbons (Fsp3) is 0.722. The highest BCUT2D eigenvalue weighted by atomic mass is 15.2. The second kappa shape index (κ2) is 6.35. The van der Waals surface area contributed by atoms with Crippen LogP contribution in [0.5, 0.6) is 0 Å². The average Bonchev–Trinajstić information content (AvgIpc) is 2.50. The second-order valence-electron chi connectivity index (χ2n) is 7.07. The highest BCUT2D eigenvalue weighted by Crippen LogP contribution is 2.45. The molecule has 2 N–H and O–H groups in total. The maximum absolute atomic E-state index is 5.63. The molecule has 0 radical (unpaired) electrons. The first kappa shape index (κ1) is 14.8. The van der Waals surface area contributed by atoms with Crippen LogP contribution in [0.2, 0.25) is 0 Å². The largest absolute Gasteiger partial charge is 0.356 e. The molecule has 0 atom stereocenters. The third kappa shape index (κ3) is 3.23. The van der Waals surface area contributed by atoms with E-state index in [0.717, 1.165) is 6.42 Å². The minimum Gasteiger partial charge on any atom is -0.356 e. The molecule has 1 aromatic rings. The molecule has 3 nitrogen and oxygen atoms in total. The average molecular weight is 287 g/mol. The van der Waals surface area contributed by atoms with E-state index in [9.17, 15) is 0 Å². The van der Waals surface area contributed by atoms with Crippen LogP contribution in [0.1, 0.15) is 56.1 Å². The summed E-state index contributed by atoms with van der Waals surface area (Å²) in [5.74, 6) is 1.20. The number of nitrogens with zero attached hydrogens (tertiary/aromatic N) is 2. The van der Waals surface area contributed by atoms with Gasteiger partial charge in [-0.1, -0.05) is 25.3 Å². The minimum atomic E-state index is 0.669. The Kier molecular flexibility index (Phi) is 4.48. The van der Waals surface area contributed by atoms with Gasteiger partial charge in [0.2, 0.25) is 0 Å². The predicted octanol–water partition coefficient (Wildman–Crippen LogP) is 3.44. The monoisotopic (exact) mass is 287 g/mol. The molecule has 1 saturated carbocycles. The van der Waals surface area contributed by atoms with Crippen LogP contribution >= 0.6 is 0 Å². The summed E-state index contributed by atoms with van der Waals surface area (Å²) in [5.41, 5.74) is 8.87. The summed E-state index contributed by atoms with van der Waals surface area (Å²) in [4.78, 5) is 7.23. The van der Waals surface area contributed by atoms with Gasteiger partial charge in [-0.25, -0.2) is 4.98 Å². The molecule has 3 rings (SSSR count). The molecule has 2 aliphatic rings. The van der Waals surface area contributed by atoms with Gasteiger partial charge in [0, 0.05) is 19.3 Å². The van der Waals surface area contributed by atoms with Gasteiger partial charge in [-0.05, 0) is 62.1 Å². The lowest BCUT2D eigenvalue weighted by Crippen LogP contribution is -2.41. The van der Waals surface area contributed by atoms with Crippen molar-refractivity contribution in [3.8, 4) is 0 Å². The van der Waals surface area contributed by atoms with Crippen molar-refractivity contribution in [2.45, 2.75) is 58.3 Å². The molecule has 21 heavy (non-hydrogen) atoms. The van der Waals surface area contributed by atoms with Gasteiger partial charge in [0.1, 0.15) is 5.82 Å². The summed E-state index contributed by atoms with van der Waals surface area (Å²) >= 11 is 0. The van der Waals surface area contributed by atoms with E-state index in [4.69, 9.17) is 10.7 Å². The van der Waals surface area contributed by atoms with Crippen molar-refractivity contribution in [3.05, 3.63) is 23.4 Å². The Bertz CT molecular complexity index is 467. The Balaban J connectivity index is 1.66. The molecule has 0 unspecified atom stereocenters. The number of pyridine rings is 1. The number of rotatable bonds is 3. The summed E-state index contributed by atoms with van der Waals surface area (Å²) in [5, 5.41) is 0. The Morgan fingerprint density at radius 3 is 2.48 bits per heavy atom. The van der Waals surface area contributed by atoms with Gasteiger partial charge in [-0.2, -0.15) is 0 Å². The molecule has 0 bridgehead atoms. The highest BCUT2D eigenvalue weighted by Gasteiger charge is 2.35. The highest BCUT2D eigenvalue weighted by molar-refractivity contribution is 5.48. The smallest absolute Gasteiger partial charge is 0.131 e. The number of aromatic nitrogens is 1. The maximum Gasteiger partial charge on any atom is 0.131 e. The molecule has 0 aromatic carbocycles. The molecular weight excluding hydrogens is 258 g/mol. The van der Waals surface area contributed by atoms with E-state index in [1.54, 1.807) is 0 Å². The van der Waals surface area contributed by atoms with E-state index in [1.807, 2.05) is 6.20 Å². The Hall–Kier alpha value is -1.09. The van der Waals surface area contributed by atoms with Crippen molar-refractivity contribution in [1.82, 2.24) is 4.98 Å². The van der Waals surface area contributed by atoms with Crippen LogP contribution in [0.15, 0.2) is 12.3 Å². The van der Waals surface area contributed by atoms with Crippen LogP contribution in [-0.2, 0) is 6.42 Å². The second-order valence-corrected chi connectivity index (χ2v) is 7.07. The minimum absolute atomic E-state index is 0.669. The molecule has 116 valence electrons. The fourth-order valence-corrected chi connectivity index (χ4v) is 4.25. The van der Waals surface area contributed by atoms with Gasteiger partial charge in [0.15, 0.2) is 0 Å². The number of hydrogen-bond donors (Lipinski definition) is 1. The van der Waals surface area contributed by atoms with Gasteiger partial charge in [-0.3, -0.25) is 0 Å². The first-order valence-corrected chi connectivity index (χ1v) is 8.63. The zero-order valence-corrected chi connectivity index (χ0v) is 13.4. The Labute approximate surface area is 128 Å². The zero-order valence-electron chi connectivity index (χ0n) is 13.4. The molecule has 3 heteroatoms. The molecule has 0 amide bonds. The summed E-state index contributed by atoms with van der Waals surface area (Å²) < 4.78 is 0. The summed E-state index contributed by atoms with van der Waals surface area (Å²) in [6.45, 7) is 5.26. The van der Waals surface area contributed by atoms with Crippen LogP contribution in [0, 0.1) is 12.3 Å². The normalized spacial score (nSPS) is 21.7. The number of nitrogens with two attached hydrogens (primary N) is 1. The predicted molar refractivity (Wildman–Crippen MR) is 88.7 cm³/mol. The Morgan fingerprint density at radius 2 is 1.86 bits per heavy atom. The van der Waals surface area contributed by atoms with Crippen molar-refractivity contribution in [1.29, 1.82) is 0 Å². The van der Waals surface area contributed by atoms with E-state index >= 15 is 0 Å². The third-order valence-corrected chi connectivity index (χ3v) is 5.58. The molecule has 1 aliphatic heterocycles.